The number of aliphatic hydroxyl groups excluding tert-OH is 1. The second-order valence-electron chi connectivity index (χ2n) is 5.74. The number of rotatable bonds is 7. The Hall–Kier alpha value is -0.120. The van der Waals surface area contributed by atoms with Crippen LogP contribution in [0.5, 0.6) is 0 Å². The van der Waals surface area contributed by atoms with Gasteiger partial charge in [0, 0.05) is 18.6 Å². The molecule has 1 saturated heterocycles. The van der Waals surface area contributed by atoms with Crippen LogP contribution in [0.2, 0.25) is 0 Å². The van der Waals surface area contributed by atoms with Gasteiger partial charge in [0.15, 0.2) is 0 Å². The summed E-state index contributed by atoms with van der Waals surface area (Å²) in [6.45, 7) is 12.3. The molecule has 1 aliphatic rings. The Labute approximate surface area is 113 Å². The van der Waals surface area contributed by atoms with Gasteiger partial charge in [0.25, 0.3) is 0 Å². The van der Waals surface area contributed by atoms with E-state index in [2.05, 4.69) is 32.6 Å². The molecule has 0 aliphatic carbocycles. The fraction of sp³-hybridized carbons (Fsp3) is 1.00. The van der Waals surface area contributed by atoms with Crippen molar-refractivity contribution in [2.45, 2.75) is 65.0 Å². The van der Waals surface area contributed by atoms with Crippen molar-refractivity contribution < 1.29 is 9.84 Å². The van der Waals surface area contributed by atoms with Gasteiger partial charge in [-0.15, -0.1) is 0 Å². The van der Waals surface area contributed by atoms with Crippen LogP contribution in [-0.4, -0.2) is 48.0 Å². The molecule has 0 saturated carbocycles. The average Bonchev–Trinajstić information content (AvgIpc) is 2.44. The van der Waals surface area contributed by atoms with E-state index in [4.69, 9.17) is 4.74 Å². The molecule has 1 fully saturated rings. The molecule has 18 heavy (non-hydrogen) atoms. The van der Waals surface area contributed by atoms with Gasteiger partial charge in [0.1, 0.15) is 0 Å². The van der Waals surface area contributed by atoms with Crippen LogP contribution >= 0.6 is 0 Å². The van der Waals surface area contributed by atoms with Gasteiger partial charge >= 0.3 is 0 Å². The zero-order valence-electron chi connectivity index (χ0n) is 12.6. The molecule has 3 heteroatoms. The molecule has 2 atom stereocenters. The Morgan fingerprint density at radius 2 is 1.72 bits per heavy atom. The highest BCUT2D eigenvalue weighted by Gasteiger charge is 2.38. The predicted molar refractivity (Wildman–Crippen MR) is 75.8 cm³/mol. The molecule has 1 heterocycles. The average molecular weight is 257 g/mol. The molecule has 1 aliphatic heterocycles. The van der Waals surface area contributed by atoms with E-state index in [0.717, 1.165) is 52.0 Å². The molecule has 0 aromatic carbocycles. The number of nitrogens with zero attached hydrogens (tertiary/aromatic N) is 1. The third kappa shape index (κ3) is 3.69. The predicted octanol–water partition coefficient (Wildman–Crippen LogP) is 2.67. The van der Waals surface area contributed by atoms with Crippen molar-refractivity contribution in [3.05, 3.63) is 0 Å². The van der Waals surface area contributed by atoms with Crippen LogP contribution in [0.3, 0.4) is 0 Å². The third-order valence-electron chi connectivity index (χ3n) is 4.88. The largest absolute Gasteiger partial charge is 0.391 e. The summed E-state index contributed by atoms with van der Waals surface area (Å²) in [5, 5.41) is 10.7. The van der Waals surface area contributed by atoms with E-state index < -0.39 is 0 Å². The standard InChI is InChI=1S/C15H31NO2/c1-5-13(6-2)12-14(17)15(4,7-3)16-8-10-18-11-9-16/h13-14,17H,5-12H2,1-4H3. The minimum atomic E-state index is -0.231. The summed E-state index contributed by atoms with van der Waals surface area (Å²) in [5.41, 5.74) is -0.0909. The number of aliphatic hydroxyl groups is 1. The van der Waals surface area contributed by atoms with Crippen molar-refractivity contribution in [2.24, 2.45) is 5.92 Å². The summed E-state index contributed by atoms with van der Waals surface area (Å²) >= 11 is 0. The lowest BCUT2D eigenvalue weighted by Crippen LogP contribution is -2.58. The molecule has 0 radical (unpaired) electrons. The smallest absolute Gasteiger partial charge is 0.0723 e. The Balaban J connectivity index is 2.66. The van der Waals surface area contributed by atoms with Crippen molar-refractivity contribution >= 4 is 0 Å². The zero-order chi connectivity index (χ0) is 13.6. The van der Waals surface area contributed by atoms with Gasteiger partial charge in [-0.25, -0.2) is 0 Å². The molecule has 1 N–H and O–H groups in total. The van der Waals surface area contributed by atoms with Crippen LogP contribution in [0.1, 0.15) is 53.4 Å². The zero-order valence-corrected chi connectivity index (χ0v) is 12.6. The van der Waals surface area contributed by atoms with Gasteiger partial charge < -0.3 is 9.84 Å². The Morgan fingerprint density at radius 3 is 2.17 bits per heavy atom. The molecule has 2 unspecified atom stereocenters. The van der Waals surface area contributed by atoms with E-state index in [9.17, 15) is 5.11 Å². The molecule has 3 nitrogen and oxygen atoms in total. The van der Waals surface area contributed by atoms with Crippen molar-refractivity contribution in [3.8, 4) is 0 Å². The van der Waals surface area contributed by atoms with E-state index in [1.165, 1.54) is 0 Å². The van der Waals surface area contributed by atoms with Gasteiger partial charge in [-0.05, 0) is 25.7 Å². The van der Waals surface area contributed by atoms with Gasteiger partial charge in [0.2, 0.25) is 0 Å². The quantitative estimate of drug-likeness (QED) is 0.761. The lowest BCUT2D eigenvalue weighted by molar-refractivity contribution is -0.0783. The van der Waals surface area contributed by atoms with Crippen molar-refractivity contribution in [1.29, 1.82) is 0 Å². The van der Waals surface area contributed by atoms with Crippen LogP contribution in [0.4, 0.5) is 0 Å². The first kappa shape index (κ1) is 15.9. The van der Waals surface area contributed by atoms with Crippen LogP contribution < -0.4 is 0 Å². The van der Waals surface area contributed by atoms with E-state index >= 15 is 0 Å². The molecule has 0 aromatic rings. The van der Waals surface area contributed by atoms with E-state index in [1.54, 1.807) is 0 Å². The van der Waals surface area contributed by atoms with E-state index in [1.807, 2.05) is 0 Å². The van der Waals surface area contributed by atoms with Gasteiger partial charge in [-0.1, -0.05) is 33.6 Å². The van der Waals surface area contributed by atoms with Crippen molar-refractivity contribution in [2.75, 3.05) is 26.3 Å². The molecular weight excluding hydrogens is 226 g/mol. The number of hydrogen-bond donors (Lipinski definition) is 1. The Bertz CT molecular complexity index is 225. The van der Waals surface area contributed by atoms with Crippen molar-refractivity contribution in [3.63, 3.8) is 0 Å². The highest BCUT2D eigenvalue weighted by atomic mass is 16.5. The fourth-order valence-corrected chi connectivity index (χ4v) is 2.94. The summed E-state index contributed by atoms with van der Waals surface area (Å²) in [6.07, 6.45) is 4.01. The first-order valence-corrected chi connectivity index (χ1v) is 7.59. The Morgan fingerprint density at radius 1 is 1.17 bits per heavy atom. The maximum absolute atomic E-state index is 10.7. The summed E-state index contributed by atoms with van der Waals surface area (Å²) in [5.74, 6) is 0.645. The molecular formula is C15H31NO2. The van der Waals surface area contributed by atoms with Crippen molar-refractivity contribution in [1.82, 2.24) is 4.90 Å². The highest BCUT2D eigenvalue weighted by Crippen LogP contribution is 2.30. The van der Waals surface area contributed by atoms with Gasteiger partial charge in [-0.2, -0.15) is 0 Å². The minimum Gasteiger partial charge on any atom is -0.391 e. The van der Waals surface area contributed by atoms with E-state index in [-0.39, 0.29) is 11.6 Å². The molecule has 0 aromatic heterocycles. The minimum absolute atomic E-state index is 0.0909. The highest BCUT2D eigenvalue weighted by molar-refractivity contribution is 4.93. The SMILES string of the molecule is CCC(CC)CC(O)C(C)(CC)N1CCOCC1. The van der Waals surface area contributed by atoms with Crippen LogP contribution in [0.25, 0.3) is 0 Å². The van der Waals surface area contributed by atoms with Crippen LogP contribution in [-0.2, 0) is 4.74 Å². The normalized spacial score (nSPS) is 23.0. The third-order valence-corrected chi connectivity index (χ3v) is 4.88. The van der Waals surface area contributed by atoms with Crippen LogP contribution in [0.15, 0.2) is 0 Å². The number of hydrogen-bond acceptors (Lipinski definition) is 3. The number of ether oxygens (including phenoxy) is 1. The summed E-state index contributed by atoms with van der Waals surface area (Å²) in [6, 6.07) is 0. The monoisotopic (exact) mass is 257 g/mol. The summed E-state index contributed by atoms with van der Waals surface area (Å²) in [4.78, 5) is 2.42. The maximum atomic E-state index is 10.7. The maximum Gasteiger partial charge on any atom is 0.0723 e. The molecule has 0 bridgehead atoms. The van der Waals surface area contributed by atoms with Crippen LogP contribution in [0, 0.1) is 5.92 Å². The fourth-order valence-electron chi connectivity index (χ4n) is 2.94. The summed E-state index contributed by atoms with van der Waals surface area (Å²) < 4.78 is 5.42. The second kappa shape index (κ2) is 7.46. The topological polar surface area (TPSA) is 32.7 Å². The van der Waals surface area contributed by atoms with E-state index in [0.29, 0.717) is 5.92 Å². The number of morpholine rings is 1. The molecule has 0 amide bonds. The molecule has 1 rings (SSSR count). The summed E-state index contributed by atoms with van der Waals surface area (Å²) in [7, 11) is 0. The van der Waals surface area contributed by atoms with Gasteiger partial charge in [-0.3, -0.25) is 4.90 Å². The second-order valence-corrected chi connectivity index (χ2v) is 5.74. The first-order valence-electron chi connectivity index (χ1n) is 7.59. The van der Waals surface area contributed by atoms with Gasteiger partial charge in [0.05, 0.1) is 19.3 Å². The lowest BCUT2D eigenvalue weighted by Gasteiger charge is -2.46. The first-order chi connectivity index (χ1) is 8.58. The molecule has 0 spiro atoms. The Kier molecular flexibility index (Phi) is 6.61. The lowest BCUT2D eigenvalue weighted by atomic mass is 9.82. The molecule has 108 valence electrons.